The number of amides is 1. The predicted molar refractivity (Wildman–Crippen MR) is 81.6 cm³/mol. The number of hydrogen-bond acceptors (Lipinski definition) is 3. The van der Waals surface area contributed by atoms with Gasteiger partial charge in [0.25, 0.3) is 0 Å². The van der Waals surface area contributed by atoms with Crippen LogP contribution in [0, 0.1) is 0 Å². The van der Waals surface area contributed by atoms with Crippen molar-refractivity contribution in [3.8, 4) is 0 Å². The Morgan fingerprint density at radius 1 is 1.35 bits per heavy atom. The second-order valence-corrected chi connectivity index (χ2v) is 5.24. The highest BCUT2D eigenvalue weighted by molar-refractivity contribution is 6.37. The Hall–Kier alpha value is -1.10. The van der Waals surface area contributed by atoms with Crippen LogP contribution in [-0.2, 0) is 4.79 Å². The summed E-state index contributed by atoms with van der Waals surface area (Å²) in [6.07, 6.45) is 0. The Labute approximate surface area is 129 Å². The summed E-state index contributed by atoms with van der Waals surface area (Å²) in [6.45, 7) is 4.42. The van der Waals surface area contributed by atoms with Crippen molar-refractivity contribution in [2.45, 2.75) is 19.9 Å². The predicted octanol–water partition coefficient (Wildman–Crippen LogP) is 2.63. The van der Waals surface area contributed by atoms with Gasteiger partial charge in [-0.05, 0) is 31.7 Å². The molecule has 0 aliphatic heterocycles. The highest BCUT2D eigenvalue weighted by atomic mass is 35.5. The van der Waals surface area contributed by atoms with E-state index in [1.807, 2.05) is 6.92 Å². The highest BCUT2D eigenvalue weighted by Gasteiger charge is 2.24. The molecule has 1 unspecified atom stereocenters. The van der Waals surface area contributed by atoms with Crippen LogP contribution in [0.25, 0.3) is 0 Å². The first-order valence-electron chi connectivity index (χ1n) is 6.34. The normalized spacial score (nSPS) is 12.3. The summed E-state index contributed by atoms with van der Waals surface area (Å²) in [7, 11) is 1.57. The number of carbonyl (C=O) groups excluding carboxylic acids is 2. The van der Waals surface area contributed by atoms with E-state index in [0.717, 1.165) is 0 Å². The van der Waals surface area contributed by atoms with Gasteiger partial charge in [0, 0.05) is 17.6 Å². The smallest absolute Gasteiger partial charge is 0.233 e. The summed E-state index contributed by atoms with van der Waals surface area (Å²) >= 11 is 11.9. The molecule has 0 bridgehead atoms. The molecule has 1 aromatic rings. The van der Waals surface area contributed by atoms with Crippen molar-refractivity contribution in [3.05, 3.63) is 33.8 Å². The Kier molecular flexibility index (Phi) is 6.46. The van der Waals surface area contributed by atoms with Crippen LogP contribution in [-0.4, -0.2) is 42.8 Å². The minimum Gasteiger partial charge on any atom is -0.358 e. The first kappa shape index (κ1) is 17.0. The lowest BCUT2D eigenvalue weighted by Crippen LogP contribution is -2.44. The number of Topliss-reactive ketones (excluding diaryl/α,β-unsaturated/α-hetero) is 1. The van der Waals surface area contributed by atoms with E-state index in [0.29, 0.717) is 22.2 Å². The highest BCUT2D eigenvalue weighted by Crippen LogP contribution is 2.23. The van der Waals surface area contributed by atoms with Gasteiger partial charge in [-0.2, -0.15) is 0 Å². The minimum absolute atomic E-state index is 0.127. The minimum atomic E-state index is -0.434. The third-order valence-electron chi connectivity index (χ3n) is 3.16. The molecule has 110 valence electrons. The number of hydrogen-bond donors (Lipinski definition) is 1. The molecule has 20 heavy (non-hydrogen) atoms. The van der Waals surface area contributed by atoms with E-state index < -0.39 is 6.04 Å². The van der Waals surface area contributed by atoms with Crippen molar-refractivity contribution >= 4 is 34.9 Å². The van der Waals surface area contributed by atoms with Crippen LogP contribution >= 0.6 is 23.2 Å². The van der Waals surface area contributed by atoms with Gasteiger partial charge in [0.1, 0.15) is 0 Å². The van der Waals surface area contributed by atoms with Gasteiger partial charge in [-0.1, -0.05) is 30.1 Å². The summed E-state index contributed by atoms with van der Waals surface area (Å²) in [5, 5.41) is 3.35. The number of halogens is 2. The zero-order valence-corrected chi connectivity index (χ0v) is 13.3. The zero-order valence-electron chi connectivity index (χ0n) is 11.7. The van der Waals surface area contributed by atoms with E-state index in [-0.39, 0.29) is 18.2 Å². The first-order chi connectivity index (χ1) is 9.40. The lowest BCUT2D eigenvalue weighted by atomic mass is 10.0. The fraction of sp³-hybridized carbons (Fsp3) is 0.429. The molecule has 0 saturated heterocycles. The molecule has 1 amide bonds. The van der Waals surface area contributed by atoms with Gasteiger partial charge < -0.3 is 5.32 Å². The summed E-state index contributed by atoms with van der Waals surface area (Å²) < 4.78 is 0. The summed E-state index contributed by atoms with van der Waals surface area (Å²) in [6, 6.07) is 4.34. The molecular formula is C14H18Cl2N2O2. The number of likely N-dealkylation sites (N-methyl/N-ethyl adjacent to an activating group) is 2. The van der Waals surface area contributed by atoms with E-state index in [2.05, 4.69) is 5.32 Å². The molecule has 4 nitrogen and oxygen atoms in total. The monoisotopic (exact) mass is 316 g/mol. The molecule has 1 aromatic carbocycles. The average Bonchev–Trinajstić information content (AvgIpc) is 2.43. The Morgan fingerprint density at radius 3 is 2.50 bits per heavy atom. The molecule has 0 radical (unpaired) electrons. The number of benzene rings is 1. The van der Waals surface area contributed by atoms with Crippen LogP contribution in [0.2, 0.25) is 10.0 Å². The van der Waals surface area contributed by atoms with Crippen molar-refractivity contribution in [1.82, 2.24) is 10.2 Å². The number of ketones is 1. The van der Waals surface area contributed by atoms with Gasteiger partial charge in [-0.25, -0.2) is 0 Å². The van der Waals surface area contributed by atoms with Crippen LogP contribution in [0.4, 0.5) is 0 Å². The van der Waals surface area contributed by atoms with Crippen LogP contribution < -0.4 is 5.32 Å². The molecule has 0 spiro atoms. The van der Waals surface area contributed by atoms with Crippen LogP contribution in [0.3, 0.4) is 0 Å². The van der Waals surface area contributed by atoms with Gasteiger partial charge in [0.2, 0.25) is 5.91 Å². The van der Waals surface area contributed by atoms with Gasteiger partial charge in [0.05, 0.1) is 17.6 Å². The van der Waals surface area contributed by atoms with Crippen molar-refractivity contribution in [3.63, 3.8) is 0 Å². The van der Waals surface area contributed by atoms with Crippen molar-refractivity contribution in [1.29, 1.82) is 0 Å². The zero-order chi connectivity index (χ0) is 15.3. The standard InChI is InChI=1S/C14H18Cl2N2O2/c1-4-18(8-13(19)17-3)9(2)14(20)11-6-5-10(15)7-12(11)16/h5-7,9H,4,8H2,1-3H3,(H,17,19). The van der Waals surface area contributed by atoms with E-state index in [9.17, 15) is 9.59 Å². The Bertz CT molecular complexity index is 506. The van der Waals surface area contributed by atoms with Crippen molar-refractivity contribution < 1.29 is 9.59 Å². The fourth-order valence-corrected chi connectivity index (χ4v) is 2.37. The second-order valence-electron chi connectivity index (χ2n) is 4.40. The maximum absolute atomic E-state index is 12.4. The van der Waals surface area contributed by atoms with Gasteiger partial charge >= 0.3 is 0 Å². The molecule has 6 heteroatoms. The van der Waals surface area contributed by atoms with Crippen LogP contribution in [0.1, 0.15) is 24.2 Å². The molecule has 0 heterocycles. The number of rotatable bonds is 6. The first-order valence-corrected chi connectivity index (χ1v) is 7.10. The van der Waals surface area contributed by atoms with E-state index >= 15 is 0 Å². The van der Waals surface area contributed by atoms with Crippen molar-refractivity contribution in [2.75, 3.05) is 20.1 Å². The average molecular weight is 317 g/mol. The third-order valence-corrected chi connectivity index (χ3v) is 3.70. The van der Waals surface area contributed by atoms with E-state index in [4.69, 9.17) is 23.2 Å². The molecule has 1 rings (SSSR count). The maximum Gasteiger partial charge on any atom is 0.233 e. The fourth-order valence-electron chi connectivity index (χ4n) is 1.87. The lowest BCUT2D eigenvalue weighted by molar-refractivity contribution is -0.121. The molecule has 1 N–H and O–H groups in total. The van der Waals surface area contributed by atoms with Crippen LogP contribution in [0.15, 0.2) is 18.2 Å². The summed E-state index contributed by atoms with van der Waals surface area (Å²) in [5.74, 6) is -0.258. The summed E-state index contributed by atoms with van der Waals surface area (Å²) in [4.78, 5) is 25.7. The Morgan fingerprint density at radius 2 is 2.00 bits per heavy atom. The molecule has 0 fully saturated rings. The molecular weight excluding hydrogens is 299 g/mol. The van der Waals surface area contributed by atoms with E-state index in [1.165, 1.54) is 6.07 Å². The molecule has 0 aromatic heterocycles. The van der Waals surface area contributed by atoms with E-state index in [1.54, 1.807) is 31.0 Å². The molecule has 0 aliphatic rings. The number of nitrogens with one attached hydrogen (secondary N) is 1. The largest absolute Gasteiger partial charge is 0.358 e. The third kappa shape index (κ3) is 4.20. The quantitative estimate of drug-likeness (QED) is 0.821. The topological polar surface area (TPSA) is 49.4 Å². The Balaban J connectivity index is 2.91. The molecule has 1 atom stereocenters. The number of carbonyl (C=O) groups is 2. The molecule has 0 saturated carbocycles. The number of nitrogens with zero attached hydrogens (tertiary/aromatic N) is 1. The van der Waals surface area contributed by atoms with Gasteiger partial charge in [-0.15, -0.1) is 0 Å². The summed E-state index contributed by atoms with van der Waals surface area (Å²) in [5.41, 5.74) is 0.416. The van der Waals surface area contributed by atoms with Crippen LogP contribution in [0.5, 0.6) is 0 Å². The molecule has 0 aliphatic carbocycles. The van der Waals surface area contributed by atoms with Gasteiger partial charge in [-0.3, -0.25) is 14.5 Å². The second kappa shape index (κ2) is 7.62. The maximum atomic E-state index is 12.4. The lowest BCUT2D eigenvalue weighted by Gasteiger charge is -2.26. The SMILES string of the molecule is CCN(CC(=O)NC)C(C)C(=O)c1ccc(Cl)cc1Cl. The van der Waals surface area contributed by atoms with Gasteiger partial charge in [0.15, 0.2) is 5.78 Å². The van der Waals surface area contributed by atoms with Crippen molar-refractivity contribution in [2.24, 2.45) is 0 Å².